The van der Waals surface area contributed by atoms with E-state index in [2.05, 4.69) is 4.98 Å². The van der Waals surface area contributed by atoms with Gasteiger partial charge < -0.3 is 5.11 Å². The molecule has 2 aromatic rings. The summed E-state index contributed by atoms with van der Waals surface area (Å²) < 4.78 is 0. The lowest BCUT2D eigenvalue weighted by atomic mass is 10.1. The monoisotopic (exact) mass is 219 g/mol. The van der Waals surface area contributed by atoms with Crippen molar-refractivity contribution >= 4 is 17.6 Å². The van der Waals surface area contributed by atoms with E-state index in [1.807, 2.05) is 12.1 Å². The predicted octanol–water partition coefficient (Wildman–Crippen LogP) is 2.25. The lowest BCUT2D eigenvalue weighted by Gasteiger charge is -2.00. The number of hydrogen-bond acceptors (Lipinski definition) is 4. The van der Waals surface area contributed by atoms with Crippen molar-refractivity contribution in [3.63, 3.8) is 0 Å². The predicted molar refractivity (Wildman–Crippen MR) is 58.4 cm³/mol. The quantitative estimate of drug-likeness (QED) is 0.805. The van der Waals surface area contributed by atoms with E-state index in [0.717, 1.165) is 16.9 Å². The number of para-hydroxylation sites is 1. The van der Waals surface area contributed by atoms with Crippen LogP contribution >= 0.6 is 11.3 Å². The maximum atomic E-state index is 10.4. The average molecular weight is 219 g/mol. The van der Waals surface area contributed by atoms with Crippen LogP contribution in [0.3, 0.4) is 0 Å². The van der Waals surface area contributed by atoms with Gasteiger partial charge in [0.1, 0.15) is 11.4 Å². The van der Waals surface area contributed by atoms with E-state index in [1.165, 1.54) is 11.3 Å². The number of hydrogen-bond donors (Lipinski definition) is 1. The molecule has 1 aromatic carbocycles. The Hall–Kier alpha value is -1.68. The summed E-state index contributed by atoms with van der Waals surface area (Å²) in [5.41, 5.74) is 1.27. The molecule has 0 atom stereocenters. The first-order valence-electron chi connectivity index (χ1n) is 4.46. The van der Waals surface area contributed by atoms with Gasteiger partial charge in [0.15, 0.2) is 6.29 Å². The van der Waals surface area contributed by atoms with E-state index >= 15 is 0 Å². The van der Waals surface area contributed by atoms with Crippen LogP contribution in [0.5, 0.6) is 5.75 Å². The Labute approximate surface area is 91.0 Å². The number of benzene rings is 1. The number of phenolic OH excluding ortho intramolecular Hbond substituents is 1. The van der Waals surface area contributed by atoms with E-state index in [4.69, 9.17) is 0 Å². The maximum Gasteiger partial charge on any atom is 0.169 e. The van der Waals surface area contributed by atoms with Gasteiger partial charge in [-0.3, -0.25) is 4.79 Å². The van der Waals surface area contributed by atoms with Crippen molar-refractivity contribution in [2.75, 3.05) is 0 Å². The molecule has 1 aromatic heterocycles. The minimum atomic E-state index is 0.264. The number of carbonyl (C=O) groups is 1. The van der Waals surface area contributed by atoms with Gasteiger partial charge in [-0.1, -0.05) is 18.2 Å². The molecule has 0 aliphatic rings. The number of nitrogens with zero attached hydrogens (tertiary/aromatic N) is 1. The minimum absolute atomic E-state index is 0.264. The van der Waals surface area contributed by atoms with Crippen LogP contribution < -0.4 is 0 Å². The van der Waals surface area contributed by atoms with Crippen LogP contribution in [0.25, 0.3) is 0 Å². The van der Waals surface area contributed by atoms with Crippen molar-refractivity contribution in [1.29, 1.82) is 0 Å². The second-order valence-electron chi connectivity index (χ2n) is 3.09. The van der Waals surface area contributed by atoms with Crippen molar-refractivity contribution in [2.24, 2.45) is 0 Å². The van der Waals surface area contributed by atoms with E-state index < -0.39 is 0 Å². The van der Waals surface area contributed by atoms with Gasteiger partial charge in [0, 0.05) is 17.4 Å². The molecule has 0 amide bonds. The number of aldehydes is 1. The molecule has 0 spiro atoms. The SMILES string of the molecule is O=Cc1csc(Cc2ccccc2O)n1. The third-order valence-electron chi connectivity index (χ3n) is 2.02. The zero-order valence-corrected chi connectivity index (χ0v) is 8.70. The summed E-state index contributed by atoms with van der Waals surface area (Å²) in [5, 5.41) is 12.1. The third-order valence-corrected chi connectivity index (χ3v) is 2.89. The molecule has 1 N–H and O–H groups in total. The number of carbonyl (C=O) groups excluding carboxylic acids is 1. The second-order valence-corrected chi connectivity index (χ2v) is 4.03. The van der Waals surface area contributed by atoms with Gasteiger partial charge in [0.05, 0.1) is 5.01 Å². The molecule has 0 bridgehead atoms. The van der Waals surface area contributed by atoms with Crippen molar-refractivity contribution in [2.45, 2.75) is 6.42 Å². The number of rotatable bonds is 3. The van der Waals surface area contributed by atoms with E-state index in [1.54, 1.807) is 17.5 Å². The van der Waals surface area contributed by atoms with Crippen LogP contribution in [-0.4, -0.2) is 16.4 Å². The van der Waals surface area contributed by atoms with Gasteiger partial charge in [-0.15, -0.1) is 11.3 Å². The zero-order valence-electron chi connectivity index (χ0n) is 7.88. The normalized spacial score (nSPS) is 10.1. The number of aromatic hydroxyl groups is 1. The molecule has 0 fully saturated rings. The molecule has 2 rings (SSSR count). The molecule has 3 nitrogen and oxygen atoms in total. The van der Waals surface area contributed by atoms with Gasteiger partial charge in [-0.05, 0) is 6.07 Å². The molecule has 4 heteroatoms. The molecule has 76 valence electrons. The van der Waals surface area contributed by atoms with Crippen molar-refractivity contribution in [3.05, 3.63) is 45.9 Å². The van der Waals surface area contributed by atoms with E-state index in [0.29, 0.717) is 12.1 Å². The molecule has 0 aliphatic heterocycles. The Balaban J connectivity index is 2.22. The van der Waals surface area contributed by atoms with E-state index in [9.17, 15) is 9.90 Å². The zero-order chi connectivity index (χ0) is 10.7. The van der Waals surface area contributed by atoms with Crippen molar-refractivity contribution in [1.82, 2.24) is 4.98 Å². The second kappa shape index (κ2) is 4.23. The standard InChI is InChI=1S/C11H9NO2S/c13-6-9-7-15-11(12-9)5-8-3-1-2-4-10(8)14/h1-4,6-7,14H,5H2. The summed E-state index contributed by atoms with van der Waals surface area (Å²) in [4.78, 5) is 14.5. The summed E-state index contributed by atoms with van der Waals surface area (Å²) in [5.74, 6) is 0.264. The Bertz CT molecular complexity index is 479. The largest absolute Gasteiger partial charge is 0.508 e. The smallest absolute Gasteiger partial charge is 0.169 e. The van der Waals surface area contributed by atoms with Gasteiger partial charge in [0.2, 0.25) is 0 Å². The molecule has 1 heterocycles. The van der Waals surface area contributed by atoms with Crippen LogP contribution in [0.1, 0.15) is 21.1 Å². The molecular formula is C11H9NO2S. The fraction of sp³-hybridized carbons (Fsp3) is 0.0909. The molecule has 0 unspecified atom stereocenters. The van der Waals surface area contributed by atoms with Gasteiger partial charge >= 0.3 is 0 Å². The Kier molecular flexibility index (Phi) is 2.78. The molecule has 0 radical (unpaired) electrons. The van der Waals surface area contributed by atoms with Gasteiger partial charge in [0.25, 0.3) is 0 Å². The number of phenols is 1. The number of thiazole rings is 1. The molecule has 0 saturated heterocycles. The van der Waals surface area contributed by atoms with Gasteiger partial charge in [-0.2, -0.15) is 0 Å². The first-order chi connectivity index (χ1) is 7.29. The summed E-state index contributed by atoms with van der Waals surface area (Å²) in [6, 6.07) is 7.13. The highest BCUT2D eigenvalue weighted by Crippen LogP contribution is 2.21. The Morgan fingerprint density at radius 1 is 1.40 bits per heavy atom. The number of aromatic nitrogens is 1. The van der Waals surface area contributed by atoms with Crippen LogP contribution in [0.4, 0.5) is 0 Å². The summed E-state index contributed by atoms with van der Waals surface area (Å²) in [6.07, 6.45) is 1.29. The Morgan fingerprint density at radius 2 is 2.20 bits per heavy atom. The topological polar surface area (TPSA) is 50.2 Å². The summed E-state index contributed by atoms with van der Waals surface area (Å²) >= 11 is 1.42. The lowest BCUT2D eigenvalue weighted by molar-refractivity contribution is 0.111. The maximum absolute atomic E-state index is 10.4. The minimum Gasteiger partial charge on any atom is -0.508 e. The van der Waals surface area contributed by atoms with Crippen molar-refractivity contribution in [3.8, 4) is 5.75 Å². The van der Waals surface area contributed by atoms with Crippen LogP contribution in [0, 0.1) is 0 Å². The highest BCUT2D eigenvalue weighted by atomic mass is 32.1. The molecule has 15 heavy (non-hydrogen) atoms. The lowest BCUT2D eigenvalue weighted by Crippen LogP contribution is -1.88. The fourth-order valence-electron chi connectivity index (χ4n) is 1.28. The van der Waals surface area contributed by atoms with Gasteiger partial charge in [-0.25, -0.2) is 4.98 Å². The Morgan fingerprint density at radius 3 is 2.87 bits per heavy atom. The molecule has 0 saturated carbocycles. The summed E-state index contributed by atoms with van der Waals surface area (Å²) in [7, 11) is 0. The fourth-order valence-corrected chi connectivity index (χ4v) is 2.05. The van der Waals surface area contributed by atoms with Crippen LogP contribution in [-0.2, 0) is 6.42 Å². The van der Waals surface area contributed by atoms with Crippen molar-refractivity contribution < 1.29 is 9.90 Å². The third kappa shape index (κ3) is 2.22. The van der Waals surface area contributed by atoms with E-state index in [-0.39, 0.29) is 5.75 Å². The highest BCUT2D eigenvalue weighted by Gasteiger charge is 2.05. The first-order valence-corrected chi connectivity index (χ1v) is 5.34. The van der Waals surface area contributed by atoms with Crippen LogP contribution in [0.15, 0.2) is 29.6 Å². The van der Waals surface area contributed by atoms with Crippen LogP contribution in [0.2, 0.25) is 0 Å². The summed E-state index contributed by atoms with van der Waals surface area (Å²) in [6.45, 7) is 0. The first kappa shape index (κ1) is 9.86. The average Bonchev–Trinajstić information content (AvgIpc) is 2.69. The molecular weight excluding hydrogens is 210 g/mol. The molecule has 0 aliphatic carbocycles. The highest BCUT2D eigenvalue weighted by molar-refractivity contribution is 7.09.